The van der Waals surface area contributed by atoms with E-state index >= 15 is 0 Å². The Morgan fingerprint density at radius 1 is 1.37 bits per heavy atom. The molecular weight excluding hydrogens is 258 g/mol. The lowest BCUT2D eigenvalue weighted by molar-refractivity contribution is 0.179. The number of para-hydroxylation sites is 2. The van der Waals surface area contributed by atoms with E-state index in [1.807, 2.05) is 6.07 Å². The quantitative estimate of drug-likeness (QED) is 0.853. The molecule has 1 aromatic rings. The Labute approximate surface area is 120 Å². The maximum atomic E-state index is 5.52. The predicted octanol–water partition coefficient (Wildman–Crippen LogP) is 1.85. The first kappa shape index (κ1) is 14.1. The van der Waals surface area contributed by atoms with E-state index in [4.69, 9.17) is 17.0 Å². The number of ether oxygens (including phenoxy) is 1. The van der Waals surface area contributed by atoms with Gasteiger partial charge >= 0.3 is 0 Å². The van der Waals surface area contributed by atoms with Crippen LogP contribution >= 0.6 is 12.2 Å². The summed E-state index contributed by atoms with van der Waals surface area (Å²) in [5.41, 5.74) is 2.38. The van der Waals surface area contributed by atoms with Gasteiger partial charge in [-0.25, -0.2) is 0 Å². The monoisotopic (exact) mass is 279 g/mol. The Hall–Kier alpha value is -1.33. The van der Waals surface area contributed by atoms with Crippen LogP contribution in [0, 0.1) is 0 Å². The summed E-state index contributed by atoms with van der Waals surface area (Å²) in [6, 6.07) is 8.56. The Balaban J connectivity index is 2.13. The van der Waals surface area contributed by atoms with E-state index in [0.29, 0.717) is 6.61 Å². The van der Waals surface area contributed by atoms with Crippen molar-refractivity contribution >= 4 is 28.7 Å². The van der Waals surface area contributed by atoms with Crippen LogP contribution in [0.1, 0.15) is 6.92 Å². The second-order valence-corrected chi connectivity index (χ2v) is 5.25. The van der Waals surface area contributed by atoms with E-state index in [2.05, 4.69) is 47.3 Å². The van der Waals surface area contributed by atoms with Gasteiger partial charge in [-0.15, -0.1) is 0 Å². The van der Waals surface area contributed by atoms with E-state index < -0.39 is 0 Å². The topological polar surface area (TPSA) is 27.7 Å². The molecule has 1 unspecified atom stereocenters. The fraction of sp³-hybridized carbons (Fsp3) is 0.500. The van der Waals surface area contributed by atoms with Gasteiger partial charge in [0.1, 0.15) is 0 Å². The van der Waals surface area contributed by atoms with E-state index in [9.17, 15) is 0 Å². The molecule has 0 aromatic heterocycles. The van der Waals surface area contributed by atoms with Gasteiger partial charge in [0.25, 0.3) is 0 Å². The van der Waals surface area contributed by atoms with Crippen LogP contribution in [0.25, 0.3) is 0 Å². The van der Waals surface area contributed by atoms with Crippen LogP contribution in [0.2, 0.25) is 0 Å². The van der Waals surface area contributed by atoms with Gasteiger partial charge in [-0.1, -0.05) is 12.1 Å². The first-order valence-electron chi connectivity index (χ1n) is 6.50. The van der Waals surface area contributed by atoms with Crippen LogP contribution in [-0.2, 0) is 4.74 Å². The van der Waals surface area contributed by atoms with Crippen molar-refractivity contribution in [3.63, 3.8) is 0 Å². The predicted molar refractivity (Wildman–Crippen MR) is 84.1 cm³/mol. The zero-order chi connectivity index (χ0) is 13.8. The molecular formula is C14H21N3OS. The van der Waals surface area contributed by atoms with Crippen molar-refractivity contribution in [2.24, 2.45) is 0 Å². The van der Waals surface area contributed by atoms with Crippen molar-refractivity contribution in [2.45, 2.75) is 13.0 Å². The first-order valence-corrected chi connectivity index (χ1v) is 6.91. The lowest BCUT2D eigenvalue weighted by Gasteiger charge is -2.37. The van der Waals surface area contributed by atoms with Crippen molar-refractivity contribution in [1.82, 2.24) is 5.32 Å². The van der Waals surface area contributed by atoms with E-state index in [1.165, 1.54) is 11.4 Å². The molecule has 0 amide bonds. The van der Waals surface area contributed by atoms with E-state index in [-0.39, 0.29) is 6.04 Å². The molecule has 0 fully saturated rings. The van der Waals surface area contributed by atoms with Crippen LogP contribution < -0.4 is 15.1 Å². The summed E-state index contributed by atoms with van der Waals surface area (Å²) in [6.07, 6.45) is 0. The molecule has 0 bridgehead atoms. The average Bonchev–Trinajstić information content (AvgIpc) is 2.39. The van der Waals surface area contributed by atoms with Gasteiger partial charge in [0, 0.05) is 33.3 Å². The molecule has 1 heterocycles. The van der Waals surface area contributed by atoms with Crippen molar-refractivity contribution < 1.29 is 4.74 Å². The number of likely N-dealkylation sites (N-methyl/N-ethyl adjacent to an activating group) is 1. The molecule has 1 aromatic carbocycles. The molecule has 104 valence electrons. The highest BCUT2D eigenvalue weighted by molar-refractivity contribution is 7.80. The lowest BCUT2D eigenvalue weighted by atomic mass is 10.2. The normalized spacial score (nSPS) is 15.9. The molecule has 5 heteroatoms. The minimum absolute atomic E-state index is 0.212. The van der Waals surface area contributed by atoms with Crippen LogP contribution in [0.3, 0.4) is 0 Å². The van der Waals surface area contributed by atoms with Gasteiger partial charge in [-0.3, -0.25) is 0 Å². The van der Waals surface area contributed by atoms with Crippen molar-refractivity contribution in [2.75, 3.05) is 43.7 Å². The summed E-state index contributed by atoms with van der Waals surface area (Å²) >= 11 is 5.52. The highest BCUT2D eigenvalue weighted by Crippen LogP contribution is 2.31. The lowest BCUT2D eigenvalue weighted by Crippen LogP contribution is -2.50. The molecule has 1 N–H and O–H groups in total. The minimum Gasteiger partial charge on any atom is -0.383 e. The number of nitrogens with one attached hydrogen (secondary N) is 1. The number of hydrogen-bond acceptors (Lipinski definition) is 3. The van der Waals surface area contributed by atoms with Gasteiger partial charge in [0.2, 0.25) is 0 Å². The van der Waals surface area contributed by atoms with Gasteiger partial charge in [0.15, 0.2) is 5.11 Å². The van der Waals surface area contributed by atoms with Crippen LogP contribution in [-0.4, -0.2) is 45.0 Å². The number of anilines is 2. The third kappa shape index (κ3) is 3.16. The number of fused-ring (bicyclic) bond motifs is 1. The summed E-state index contributed by atoms with van der Waals surface area (Å²) in [6.45, 7) is 4.59. The smallest absolute Gasteiger partial charge is 0.173 e. The maximum Gasteiger partial charge on any atom is 0.173 e. The summed E-state index contributed by atoms with van der Waals surface area (Å²) < 4.78 is 5.13. The molecule has 0 spiro atoms. The SMILES string of the molecule is COCC(C)NC(=S)N1CCN(C)c2ccccc21. The Kier molecular flexibility index (Phi) is 4.61. The molecule has 0 radical (unpaired) electrons. The first-order chi connectivity index (χ1) is 9.13. The van der Waals surface area contributed by atoms with E-state index in [1.54, 1.807) is 7.11 Å². The minimum atomic E-state index is 0.212. The standard InChI is InChI=1S/C14H21N3OS/c1-11(10-18-3)15-14(19)17-9-8-16(2)12-6-4-5-7-13(12)17/h4-7,11H,8-10H2,1-3H3,(H,15,19). The van der Waals surface area contributed by atoms with Crippen LogP contribution in [0.15, 0.2) is 24.3 Å². The summed E-state index contributed by atoms with van der Waals surface area (Å²) in [4.78, 5) is 4.42. The van der Waals surface area contributed by atoms with Gasteiger partial charge in [0.05, 0.1) is 18.0 Å². The molecule has 0 aliphatic carbocycles. The largest absolute Gasteiger partial charge is 0.383 e. The molecule has 1 aliphatic heterocycles. The molecule has 4 nitrogen and oxygen atoms in total. The molecule has 1 aliphatic rings. The zero-order valence-electron chi connectivity index (χ0n) is 11.7. The number of benzene rings is 1. The summed E-state index contributed by atoms with van der Waals surface area (Å²) in [5, 5.41) is 4.09. The number of rotatable bonds is 3. The fourth-order valence-corrected chi connectivity index (χ4v) is 2.69. The highest BCUT2D eigenvalue weighted by atomic mass is 32.1. The number of thiocarbonyl (C=S) groups is 1. The number of nitrogens with zero attached hydrogens (tertiary/aromatic N) is 2. The Morgan fingerprint density at radius 3 is 2.74 bits per heavy atom. The number of hydrogen-bond donors (Lipinski definition) is 1. The fourth-order valence-electron chi connectivity index (χ4n) is 2.30. The van der Waals surface area contributed by atoms with Crippen molar-refractivity contribution in [1.29, 1.82) is 0 Å². The average molecular weight is 279 g/mol. The third-order valence-electron chi connectivity index (χ3n) is 3.27. The third-order valence-corrected chi connectivity index (χ3v) is 3.61. The van der Waals surface area contributed by atoms with Crippen LogP contribution in [0.4, 0.5) is 11.4 Å². The van der Waals surface area contributed by atoms with E-state index in [0.717, 1.165) is 18.2 Å². The van der Waals surface area contributed by atoms with Crippen molar-refractivity contribution in [3.8, 4) is 0 Å². The Morgan fingerprint density at radius 2 is 2.05 bits per heavy atom. The zero-order valence-corrected chi connectivity index (χ0v) is 12.5. The highest BCUT2D eigenvalue weighted by Gasteiger charge is 2.23. The molecule has 1 atom stereocenters. The Bertz CT molecular complexity index is 452. The van der Waals surface area contributed by atoms with Crippen molar-refractivity contribution in [3.05, 3.63) is 24.3 Å². The second kappa shape index (κ2) is 6.21. The van der Waals surface area contributed by atoms with Crippen LogP contribution in [0.5, 0.6) is 0 Å². The molecule has 0 saturated carbocycles. The summed E-state index contributed by atoms with van der Waals surface area (Å²) in [7, 11) is 3.81. The van der Waals surface area contributed by atoms with Gasteiger partial charge in [-0.05, 0) is 31.3 Å². The second-order valence-electron chi connectivity index (χ2n) is 4.87. The molecule has 0 saturated heterocycles. The van der Waals surface area contributed by atoms with Gasteiger partial charge < -0.3 is 19.9 Å². The maximum absolute atomic E-state index is 5.52. The van der Waals surface area contributed by atoms with Gasteiger partial charge in [-0.2, -0.15) is 0 Å². The molecule has 2 rings (SSSR count). The molecule has 19 heavy (non-hydrogen) atoms. The number of methoxy groups -OCH3 is 1. The summed E-state index contributed by atoms with van der Waals surface area (Å²) in [5.74, 6) is 0.